The van der Waals surface area contributed by atoms with Gasteiger partial charge in [0.05, 0.1) is 0 Å². The van der Waals surface area contributed by atoms with E-state index in [1.54, 1.807) is 0 Å². The van der Waals surface area contributed by atoms with Gasteiger partial charge < -0.3 is 10.2 Å². The minimum absolute atomic E-state index is 0.672. The number of hydrogen-bond donors (Lipinski definition) is 1. The first-order chi connectivity index (χ1) is 8.17. The van der Waals surface area contributed by atoms with Crippen LogP contribution in [0.4, 0.5) is 5.69 Å². The molecule has 0 saturated carbocycles. The number of anilines is 1. The SMILES string of the molecule is CCNCC(C)CN(C)c1ccc(CC)cc1. The summed E-state index contributed by atoms with van der Waals surface area (Å²) in [6, 6.07) is 8.89. The van der Waals surface area contributed by atoms with Crippen molar-refractivity contribution in [3.63, 3.8) is 0 Å². The molecule has 1 unspecified atom stereocenters. The van der Waals surface area contributed by atoms with Crippen molar-refractivity contribution in [2.45, 2.75) is 27.2 Å². The molecule has 2 heteroatoms. The Balaban J connectivity index is 2.47. The van der Waals surface area contributed by atoms with Crippen LogP contribution < -0.4 is 10.2 Å². The van der Waals surface area contributed by atoms with Crippen LogP contribution in [-0.4, -0.2) is 26.7 Å². The summed E-state index contributed by atoms with van der Waals surface area (Å²) in [5.74, 6) is 0.672. The van der Waals surface area contributed by atoms with Crippen molar-refractivity contribution in [2.75, 3.05) is 31.6 Å². The van der Waals surface area contributed by atoms with Gasteiger partial charge in [-0.25, -0.2) is 0 Å². The van der Waals surface area contributed by atoms with Gasteiger partial charge in [0.15, 0.2) is 0 Å². The van der Waals surface area contributed by atoms with E-state index in [4.69, 9.17) is 0 Å². The zero-order valence-corrected chi connectivity index (χ0v) is 11.7. The highest BCUT2D eigenvalue weighted by atomic mass is 15.1. The number of rotatable bonds is 7. The van der Waals surface area contributed by atoms with Gasteiger partial charge in [0.2, 0.25) is 0 Å². The van der Waals surface area contributed by atoms with Gasteiger partial charge in [-0.3, -0.25) is 0 Å². The average molecular weight is 234 g/mol. The monoisotopic (exact) mass is 234 g/mol. The Morgan fingerprint density at radius 2 is 1.82 bits per heavy atom. The van der Waals surface area contributed by atoms with E-state index in [0.717, 1.165) is 26.1 Å². The Kier molecular flexibility index (Phi) is 6.06. The summed E-state index contributed by atoms with van der Waals surface area (Å²) in [5.41, 5.74) is 2.72. The van der Waals surface area contributed by atoms with Crippen molar-refractivity contribution in [2.24, 2.45) is 5.92 Å². The van der Waals surface area contributed by atoms with Crippen molar-refractivity contribution in [3.05, 3.63) is 29.8 Å². The Labute approximate surface area is 106 Å². The fraction of sp³-hybridized carbons (Fsp3) is 0.600. The van der Waals surface area contributed by atoms with Gasteiger partial charge in [0.25, 0.3) is 0 Å². The summed E-state index contributed by atoms with van der Waals surface area (Å²) in [5, 5.41) is 3.40. The summed E-state index contributed by atoms with van der Waals surface area (Å²) < 4.78 is 0. The Morgan fingerprint density at radius 3 is 2.35 bits per heavy atom. The maximum atomic E-state index is 3.40. The van der Waals surface area contributed by atoms with Crippen molar-refractivity contribution in [1.82, 2.24) is 5.32 Å². The fourth-order valence-electron chi connectivity index (χ4n) is 2.01. The second kappa shape index (κ2) is 7.33. The normalized spacial score (nSPS) is 12.5. The lowest BCUT2D eigenvalue weighted by Gasteiger charge is -2.23. The molecule has 17 heavy (non-hydrogen) atoms. The highest BCUT2D eigenvalue weighted by molar-refractivity contribution is 5.46. The first kappa shape index (κ1) is 14.0. The van der Waals surface area contributed by atoms with Crippen molar-refractivity contribution >= 4 is 5.69 Å². The Hall–Kier alpha value is -1.02. The van der Waals surface area contributed by atoms with E-state index in [2.05, 4.69) is 62.3 Å². The summed E-state index contributed by atoms with van der Waals surface area (Å²) in [4.78, 5) is 2.33. The second-order valence-corrected chi connectivity index (χ2v) is 4.81. The third-order valence-corrected chi connectivity index (χ3v) is 3.11. The predicted octanol–water partition coefficient (Wildman–Crippen LogP) is 2.93. The maximum absolute atomic E-state index is 3.40. The highest BCUT2D eigenvalue weighted by Gasteiger charge is 2.06. The van der Waals surface area contributed by atoms with Gasteiger partial charge in [-0.15, -0.1) is 0 Å². The molecule has 0 bridgehead atoms. The van der Waals surface area contributed by atoms with Crippen LogP contribution in [0.25, 0.3) is 0 Å². The molecule has 0 saturated heterocycles. The van der Waals surface area contributed by atoms with E-state index < -0.39 is 0 Å². The van der Waals surface area contributed by atoms with Gasteiger partial charge in [0.1, 0.15) is 0 Å². The van der Waals surface area contributed by atoms with Crippen molar-refractivity contribution in [1.29, 1.82) is 0 Å². The standard InChI is InChI=1S/C15H26N2/c1-5-14-7-9-15(10-8-14)17(4)12-13(3)11-16-6-2/h7-10,13,16H,5-6,11-12H2,1-4H3. The van der Waals surface area contributed by atoms with Gasteiger partial charge in [-0.05, 0) is 43.1 Å². The molecule has 1 rings (SSSR count). The largest absolute Gasteiger partial charge is 0.374 e. The molecule has 0 spiro atoms. The van der Waals surface area contributed by atoms with Crippen molar-refractivity contribution in [3.8, 4) is 0 Å². The van der Waals surface area contributed by atoms with Gasteiger partial charge in [0, 0.05) is 19.3 Å². The first-order valence-electron chi connectivity index (χ1n) is 6.68. The molecule has 1 aromatic rings. The lowest BCUT2D eigenvalue weighted by atomic mass is 10.1. The zero-order chi connectivity index (χ0) is 12.7. The van der Waals surface area contributed by atoms with E-state index in [1.165, 1.54) is 11.3 Å². The van der Waals surface area contributed by atoms with Crippen LogP contribution in [0, 0.1) is 5.92 Å². The van der Waals surface area contributed by atoms with Crippen LogP contribution in [0.5, 0.6) is 0 Å². The van der Waals surface area contributed by atoms with E-state index in [0.29, 0.717) is 5.92 Å². The minimum Gasteiger partial charge on any atom is -0.374 e. The molecule has 0 radical (unpaired) electrons. The molecule has 1 N–H and O–H groups in total. The van der Waals surface area contributed by atoms with E-state index >= 15 is 0 Å². The Morgan fingerprint density at radius 1 is 1.18 bits per heavy atom. The summed E-state index contributed by atoms with van der Waals surface area (Å²) in [6.45, 7) is 9.88. The van der Waals surface area contributed by atoms with E-state index in [-0.39, 0.29) is 0 Å². The first-order valence-corrected chi connectivity index (χ1v) is 6.68. The maximum Gasteiger partial charge on any atom is 0.0363 e. The minimum atomic E-state index is 0.672. The van der Waals surface area contributed by atoms with E-state index in [1.807, 2.05) is 0 Å². The highest BCUT2D eigenvalue weighted by Crippen LogP contribution is 2.15. The van der Waals surface area contributed by atoms with Crippen LogP contribution in [0.1, 0.15) is 26.3 Å². The molecule has 1 aromatic carbocycles. The molecule has 0 aliphatic heterocycles. The number of hydrogen-bond acceptors (Lipinski definition) is 2. The predicted molar refractivity (Wildman–Crippen MR) is 76.8 cm³/mol. The second-order valence-electron chi connectivity index (χ2n) is 4.81. The number of nitrogens with zero attached hydrogens (tertiary/aromatic N) is 1. The van der Waals surface area contributed by atoms with Crippen LogP contribution in [0.2, 0.25) is 0 Å². The van der Waals surface area contributed by atoms with Crippen LogP contribution in [-0.2, 0) is 6.42 Å². The van der Waals surface area contributed by atoms with Gasteiger partial charge >= 0.3 is 0 Å². The average Bonchev–Trinajstić information content (AvgIpc) is 2.36. The lowest BCUT2D eigenvalue weighted by molar-refractivity contribution is 0.523. The third kappa shape index (κ3) is 4.78. The number of nitrogens with one attached hydrogen (secondary N) is 1. The molecule has 0 aromatic heterocycles. The molecule has 0 aliphatic rings. The van der Waals surface area contributed by atoms with E-state index in [9.17, 15) is 0 Å². The van der Waals surface area contributed by atoms with Crippen molar-refractivity contribution < 1.29 is 0 Å². The fourth-order valence-corrected chi connectivity index (χ4v) is 2.01. The van der Waals surface area contributed by atoms with Crippen LogP contribution in [0.15, 0.2) is 24.3 Å². The molecular formula is C15H26N2. The molecular weight excluding hydrogens is 208 g/mol. The number of benzene rings is 1. The Bertz CT molecular complexity index is 305. The molecule has 0 fully saturated rings. The summed E-state index contributed by atoms with van der Waals surface area (Å²) >= 11 is 0. The molecule has 0 amide bonds. The van der Waals surface area contributed by atoms with Crippen LogP contribution >= 0.6 is 0 Å². The number of aryl methyl sites for hydroxylation is 1. The molecule has 0 aliphatic carbocycles. The van der Waals surface area contributed by atoms with Gasteiger partial charge in [-0.2, -0.15) is 0 Å². The quantitative estimate of drug-likeness (QED) is 0.780. The molecule has 1 atom stereocenters. The molecule has 0 heterocycles. The van der Waals surface area contributed by atoms with Gasteiger partial charge in [-0.1, -0.05) is 32.9 Å². The third-order valence-electron chi connectivity index (χ3n) is 3.11. The molecule has 2 nitrogen and oxygen atoms in total. The summed E-state index contributed by atoms with van der Waals surface area (Å²) in [6.07, 6.45) is 1.11. The molecule has 96 valence electrons. The summed E-state index contributed by atoms with van der Waals surface area (Å²) in [7, 11) is 2.17. The topological polar surface area (TPSA) is 15.3 Å². The zero-order valence-electron chi connectivity index (χ0n) is 11.7. The van der Waals surface area contributed by atoms with Crippen LogP contribution in [0.3, 0.4) is 0 Å². The lowest BCUT2D eigenvalue weighted by Crippen LogP contribution is -2.30. The smallest absolute Gasteiger partial charge is 0.0363 e.